The Balaban J connectivity index is 1.69. The van der Waals surface area contributed by atoms with Gasteiger partial charge >= 0.3 is 0 Å². The van der Waals surface area contributed by atoms with Gasteiger partial charge in [0.25, 0.3) is 0 Å². The fraction of sp³-hybridized carbons (Fsp3) is 0.273. The van der Waals surface area contributed by atoms with Crippen LogP contribution >= 0.6 is 0 Å². The number of aryl methyl sites for hydroxylation is 1. The summed E-state index contributed by atoms with van der Waals surface area (Å²) in [5.41, 5.74) is 5.03. The Morgan fingerprint density at radius 1 is 1.00 bits per heavy atom. The second kappa shape index (κ2) is 6.67. The van der Waals surface area contributed by atoms with Crippen molar-refractivity contribution in [1.82, 2.24) is 5.16 Å². The third kappa shape index (κ3) is 3.14. The van der Waals surface area contributed by atoms with Crippen LogP contribution < -0.4 is 0 Å². The Hall–Kier alpha value is -2.68. The number of carbonyl (C=O) groups excluding carboxylic acids is 1. The number of hydrogen-bond donors (Lipinski definition) is 0. The van der Waals surface area contributed by atoms with Gasteiger partial charge in [0.2, 0.25) is 0 Å². The molecule has 4 rings (SSSR count). The van der Waals surface area contributed by atoms with Crippen molar-refractivity contribution < 1.29 is 9.32 Å². The SMILES string of the molecule is CCc1ccccc1Cc1ccccc1C(=O)c1cnoc1C1CC1. The molecule has 0 saturated heterocycles. The van der Waals surface area contributed by atoms with Crippen LogP contribution in [-0.4, -0.2) is 10.9 Å². The van der Waals surface area contributed by atoms with Crippen molar-refractivity contribution in [2.24, 2.45) is 0 Å². The van der Waals surface area contributed by atoms with E-state index in [1.165, 1.54) is 11.1 Å². The Morgan fingerprint density at radius 2 is 1.68 bits per heavy atom. The van der Waals surface area contributed by atoms with Gasteiger partial charge in [-0.05, 0) is 42.4 Å². The molecule has 1 aromatic heterocycles. The molecule has 0 aliphatic heterocycles. The highest BCUT2D eigenvalue weighted by Crippen LogP contribution is 2.42. The molecule has 1 heterocycles. The van der Waals surface area contributed by atoms with Crippen LogP contribution in [0, 0.1) is 0 Å². The normalized spacial score (nSPS) is 13.8. The molecule has 126 valence electrons. The standard InChI is InChI=1S/C22H21NO2/c1-2-15-7-3-4-8-17(15)13-18-9-5-6-10-19(18)21(24)20-14-23-25-22(20)16-11-12-16/h3-10,14,16H,2,11-13H2,1H3. The van der Waals surface area contributed by atoms with E-state index in [9.17, 15) is 4.79 Å². The van der Waals surface area contributed by atoms with E-state index in [0.717, 1.165) is 42.6 Å². The van der Waals surface area contributed by atoms with Crippen molar-refractivity contribution in [3.8, 4) is 0 Å². The first-order valence-corrected chi connectivity index (χ1v) is 8.92. The molecular formula is C22H21NO2. The van der Waals surface area contributed by atoms with Crippen LogP contribution in [0.5, 0.6) is 0 Å². The van der Waals surface area contributed by atoms with Crippen LogP contribution in [0.4, 0.5) is 0 Å². The van der Waals surface area contributed by atoms with Gasteiger partial charge in [0.05, 0.1) is 11.8 Å². The molecular weight excluding hydrogens is 310 g/mol. The van der Waals surface area contributed by atoms with Gasteiger partial charge in [-0.2, -0.15) is 0 Å². The summed E-state index contributed by atoms with van der Waals surface area (Å²) in [6.07, 6.45) is 5.49. The predicted octanol–water partition coefficient (Wildman–Crippen LogP) is 4.94. The van der Waals surface area contributed by atoms with E-state index in [4.69, 9.17) is 4.52 Å². The zero-order valence-electron chi connectivity index (χ0n) is 14.4. The first kappa shape index (κ1) is 15.8. The van der Waals surface area contributed by atoms with Gasteiger partial charge in [-0.15, -0.1) is 0 Å². The van der Waals surface area contributed by atoms with Crippen LogP contribution in [0.1, 0.15) is 64.1 Å². The molecule has 1 saturated carbocycles. The van der Waals surface area contributed by atoms with E-state index in [1.54, 1.807) is 6.20 Å². The second-order valence-electron chi connectivity index (χ2n) is 6.66. The number of ketones is 1. The van der Waals surface area contributed by atoms with E-state index in [2.05, 4.69) is 36.3 Å². The van der Waals surface area contributed by atoms with E-state index in [1.807, 2.05) is 24.3 Å². The highest BCUT2D eigenvalue weighted by atomic mass is 16.5. The number of nitrogens with zero attached hydrogens (tertiary/aromatic N) is 1. The molecule has 0 radical (unpaired) electrons. The average molecular weight is 331 g/mol. The monoisotopic (exact) mass is 331 g/mol. The lowest BCUT2D eigenvalue weighted by Crippen LogP contribution is -2.07. The minimum atomic E-state index is 0.0210. The minimum Gasteiger partial charge on any atom is -0.360 e. The summed E-state index contributed by atoms with van der Waals surface area (Å²) >= 11 is 0. The molecule has 0 N–H and O–H groups in total. The molecule has 2 aromatic carbocycles. The summed E-state index contributed by atoms with van der Waals surface area (Å²) in [5.74, 6) is 1.15. The third-order valence-corrected chi connectivity index (χ3v) is 4.93. The fourth-order valence-electron chi connectivity index (χ4n) is 3.38. The molecule has 1 fully saturated rings. The van der Waals surface area contributed by atoms with Crippen LogP contribution in [0.2, 0.25) is 0 Å². The number of rotatable bonds is 6. The fourth-order valence-corrected chi connectivity index (χ4v) is 3.38. The highest BCUT2D eigenvalue weighted by molar-refractivity contribution is 6.10. The maximum atomic E-state index is 13.1. The summed E-state index contributed by atoms with van der Waals surface area (Å²) in [6, 6.07) is 16.3. The lowest BCUT2D eigenvalue weighted by Gasteiger charge is -2.11. The molecule has 3 heteroatoms. The smallest absolute Gasteiger partial charge is 0.198 e. The Morgan fingerprint density at radius 3 is 2.40 bits per heavy atom. The van der Waals surface area contributed by atoms with E-state index >= 15 is 0 Å². The highest BCUT2D eigenvalue weighted by Gasteiger charge is 2.33. The number of aromatic nitrogens is 1. The molecule has 1 aliphatic carbocycles. The van der Waals surface area contributed by atoms with Crippen molar-refractivity contribution in [3.05, 3.63) is 88.3 Å². The molecule has 1 aliphatic rings. The second-order valence-corrected chi connectivity index (χ2v) is 6.66. The third-order valence-electron chi connectivity index (χ3n) is 4.93. The van der Waals surface area contributed by atoms with Gasteiger partial charge in [-0.1, -0.05) is 60.6 Å². The molecule has 3 aromatic rings. The molecule has 0 atom stereocenters. The molecule has 25 heavy (non-hydrogen) atoms. The molecule has 0 spiro atoms. The maximum absolute atomic E-state index is 13.1. The predicted molar refractivity (Wildman–Crippen MR) is 97.0 cm³/mol. The van der Waals surface area contributed by atoms with Gasteiger partial charge in [0.1, 0.15) is 0 Å². The average Bonchev–Trinajstić information content (AvgIpc) is 3.38. The summed E-state index contributed by atoms with van der Waals surface area (Å²) in [6.45, 7) is 2.16. The zero-order chi connectivity index (χ0) is 17.2. The lowest BCUT2D eigenvalue weighted by molar-refractivity contribution is 0.103. The Labute approximate surface area is 147 Å². The van der Waals surface area contributed by atoms with Gasteiger partial charge in [0, 0.05) is 11.5 Å². The summed E-state index contributed by atoms with van der Waals surface area (Å²) in [7, 11) is 0. The van der Waals surface area contributed by atoms with Crippen molar-refractivity contribution in [2.45, 2.75) is 38.5 Å². The molecule has 3 nitrogen and oxygen atoms in total. The molecule has 0 unspecified atom stereocenters. The van der Waals surface area contributed by atoms with Crippen LogP contribution in [0.3, 0.4) is 0 Å². The van der Waals surface area contributed by atoms with Crippen molar-refractivity contribution in [2.75, 3.05) is 0 Å². The van der Waals surface area contributed by atoms with Crippen LogP contribution in [0.25, 0.3) is 0 Å². The summed E-state index contributed by atoms with van der Waals surface area (Å²) in [5, 5.41) is 3.88. The van der Waals surface area contributed by atoms with Gasteiger partial charge in [0.15, 0.2) is 11.5 Å². The van der Waals surface area contributed by atoms with E-state index in [0.29, 0.717) is 11.5 Å². The van der Waals surface area contributed by atoms with Gasteiger partial charge in [-0.3, -0.25) is 4.79 Å². The first-order chi connectivity index (χ1) is 12.3. The van der Waals surface area contributed by atoms with Gasteiger partial charge < -0.3 is 4.52 Å². The summed E-state index contributed by atoms with van der Waals surface area (Å²) < 4.78 is 5.36. The van der Waals surface area contributed by atoms with E-state index in [-0.39, 0.29) is 5.78 Å². The minimum absolute atomic E-state index is 0.0210. The van der Waals surface area contributed by atoms with Crippen molar-refractivity contribution in [1.29, 1.82) is 0 Å². The maximum Gasteiger partial charge on any atom is 0.198 e. The van der Waals surface area contributed by atoms with Crippen LogP contribution in [0.15, 0.2) is 59.3 Å². The van der Waals surface area contributed by atoms with Crippen molar-refractivity contribution in [3.63, 3.8) is 0 Å². The number of benzene rings is 2. The largest absolute Gasteiger partial charge is 0.360 e. The molecule has 0 bridgehead atoms. The van der Waals surface area contributed by atoms with Gasteiger partial charge in [-0.25, -0.2) is 0 Å². The first-order valence-electron chi connectivity index (χ1n) is 8.92. The number of hydrogen-bond acceptors (Lipinski definition) is 3. The Kier molecular flexibility index (Phi) is 4.22. The topological polar surface area (TPSA) is 43.1 Å². The van der Waals surface area contributed by atoms with Crippen molar-refractivity contribution >= 4 is 5.78 Å². The Bertz CT molecular complexity index is 906. The van der Waals surface area contributed by atoms with E-state index < -0.39 is 0 Å². The number of carbonyl (C=O) groups is 1. The molecule has 0 amide bonds. The lowest BCUT2D eigenvalue weighted by atomic mass is 9.92. The van der Waals surface area contributed by atoms with Crippen LogP contribution in [-0.2, 0) is 12.8 Å². The zero-order valence-corrected chi connectivity index (χ0v) is 14.4. The quantitative estimate of drug-likeness (QED) is 0.601. The summed E-state index contributed by atoms with van der Waals surface area (Å²) in [4.78, 5) is 13.1.